The highest BCUT2D eigenvalue weighted by atomic mass is 35.5. The topological polar surface area (TPSA) is 41.6 Å². The highest BCUT2D eigenvalue weighted by molar-refractivity contribution is 5.85. The van der Waals surface area contributed by atoms with Gasteiger partial charge in [-0.1, -0.05) is 12.1 Å². The van der Waals surface area contributed by atoms with Gasteiger partial charge in [0.1, 0.15) is 5.75 Å². The maximum Gasteiger partial charge on any atom is 0.222 e. The molecular formula is C19H29ClN2O2. The monoisotopic (exact) mass is 352 g/mol. The molecule has 1 aromatic carbocycles. The van der Waals surface area contributed by atoms with Gasteiger partial charge in [0.2, 0.25) is 5.91 Å². The van der Waals surface area contributed by atoms with E-state index in [1.54, 1.807) is 7.11 Å². The van der Waals surface area contributed by atoms with Gasteiger partial charge in [-0.25, -0.2) is 0 Å². The summed E-state index contributed by atoms with van der Waals surface area (Å²) >= 11 is 0. The van der Waals surface area contributed by atoms with Crippen molar-refractivity contribution in [2.75, 3.05) is 33.3 Å². The zero-order valence-electron chi connectivity index (χ0n) is 14.5. The van der Waals surface area contributed by atoms with Gasteiger partial charge < -0.3 is 15.0 Å². The van der Waals surface area contributed by atoms with Crippen LogP contribution in [0.25, 0.3) is 0 Å². The molecule has 2 saturated heterocycles. The van der Waals surface area contributed by atoms with Gasteiger partial charge in [0.25, 0.3) is 0 Å². The Kier molecular flexibility index (Phi) is 7.38. The number of hydrogen-bond donors (Lipinski definition) is 1. The van der Waals surface area contributed by atoms with E-state index in [0.29, 0.717) is 11.8 Å². The highest BCUT2D eigenvalue weighted by Crippen LogP contribution is 2.29. The number of halogens is 1. The van der Waals surface area contributed by atoms with Gasteiger partial charge in [0.15, 0.2) is 0 Å². The predicted octanol–water partition coefficient (Wildman–Crippen LogP) is 3.21. The summed E-state index contributed by atoms with van der Waals surface area (Å²) in [6.07, 6.45) is 5.30. The molecule has 1 atom stereocenters. The lowest BCUT2D eigenvalue weighted by atomic mass is 9.93. The van der Waals surface area contributed by atoms with Gasteiger partial charge in [0, 0.05) is 25.4 Å². The number of likely N-dealkylation sites (tertiary alicyclic amines) is 1. The summed E-state index contributed by atoms with van der Waals surface area (Å²) in [6, 6.07) is 8.28. The van der Waals surface area contributed by atoms with Crippen LogP contribution in [0.1, 0.15) is 43.6 Å². The van der Waals surface area contributed by atoms with Crippen molar-refractivity contribution in [3.05, 3.63) is 29.8 Å². The molecule has 1 aromatic rings. The molecule has 0 aliphatic carbocycles. The number of ether oxygens (including phenoxy) is 1. The molecule has 2 aliphatic rings. The maximum absolute atomic E-state index is 12.5. The summed E-state index contributed by atoms with van der Waals surface area (Å²) in [4.78, 5) is 14.5. The molecule has 5 heteroatoms. The number of carbonyl (C=O) groups excluding carboxylic acids is 1. The van der Waals surface area contributed by atoms with E-state index in [1.165, 1.54) is 18.4 Å². The third kappa shape index (κ3) is 4.87. The van der Waals surface area contributed by atoms with E-state index in [-0.39, 0.29) is 12.4 Å². The Hall–Kier alpha value is -1.26. The fourth-order valence-corrected chi connectivity index (χ4v) is 3.79. The van der Waals surface area contributed by atoms with Crippen LogP contribution in [-0.4, -0.2) is 44.1 Å². The van der Waals surface area contributed by atoms with Crippen molar-refractivity contribution >= 4 is 18.3 Å². The molecule has 1 N–H and O–H groups in total. The van der Waals surface area contributed by atoms with Crippen LogP contribution >= 0.6 is 12.4 Å². The van der Waals surface area contributed by atoms with Crippen molar-refractivity contribution < 1.29 is 9.53 Å². The van der Waals surface area contributed by atoms with E-state index >= 15 is 0 Å². The molecule has 0 aromatic heterocycles. The molecule has 2 heterocycles. The summed E-state index contributed by atoms with van der Waals surface area (Å²) in [6.45, 7) is 4.00. The fourth-order valence-electron chi connectivity index (χ4n) is 3.79. The van der Waals surface area contributed by atoms with Gasteiger partial charge in [0.05, 0.1) is 7.11 Å². The first-order chi connectivity index (χ1) is 11.3. The van der Waals surface area contributed by atoms with Crippen LogP contribution in [0.2, 0.25) is 0 Å². The van der Waals surface area contributed by atoms with Crippen LogP contribution in [0.3, 0.4) is 0 Å². The van der Waals surface area contributed by atoms with E-state index in [9.17, 15) is 4.79 Å². The van der Waals surface area contributed by atoms with Gasteiger partial charge in [-0.15, -0.1) is 12.4 Å². The molecule has 2 aliphatic heterocycles. The van der Waals surface area contributed by atoms with Crippen LogP contribution in [0.15, 0.2) is 24.3 Å². The first kappa shape index (κ1) is 19.1. The van der Waals surface area contributed by atoms with Crippen molar-refractivity contribution in [1.82, 2.24) is 10.2 Å². The summed E-state index contributed by atoms with van der Waals surface area (Å²) in [7, 11) is 1.69. The lowest BCUT2D eigenvalue weighted by molar-refractivity contribution is -0.130. The summed E-state index contributed by atoms with van der Waals surface area (Å²) in [5, 5.41) is 3.39. The van der Waals surface area contributed by atoms with Gasteiger partial charge in [-0.2, -0.15) is 0 Å². The minimum Gasteiger partial charge on any atom is -0.497 e. The molecule has 0 spiro atoms. The average molecular weight is 353 g/mol. The molecule has 2 fully saturated rings. The van der Waals surface area contributed by atoms with Crippen LogP contribution in [0.4, 0.5) is 0 Å². The van der Waals surface area contributed by atoms with Crippen molar-refractivity contribution in [1.29, 1.82) is 0 Å². The van der Waals surface area contributed by atoms with Crippen molar-refractivity contribution in [2.24, 2.45) is 5.92 Å². The smallest absolute Gasteiger partial charge is 0.222 e. The number of hydrogen-bond acceptors (Lipinski definition) is 3. The quantitative estimate of drug-likeness (QED) is 0.884. The summed E-state index contributed by atoms with van der Waals surface area (Å²) in [5.41, 5.74) is 1.32. The average Bonchev–Trinajstić information content (AvgIpc) is 3.11. The normalized spacial score (nSPS) is 21.4. The third-order valence-electron chi connectivity index (χ3n) is 5.35. The van der Waals surface area contributed by atoms with Crippen molar-refractivity contribution in [3.63, 3.8) is 0 Å². The fraction of sp³-hybridized carbons (Fsp3) is 0.632. The molecule has 0 saturated carbocycles. The third-order valence-corrected chi connectivity index (χ3v) is 5.35. The molecule has 3 rings (SSSR count). The van der Waals surface area contributed by atoms with Crippen molar-refractivity contribution in [2.45, 2.75) is 38.0 Å². The molecule has 24 heavy (non-hydrogen) atoms. The Morgan fingerprint density at radius 1 is 1.21 bits per heavy atom. The van der Waals surface area contributed by atoms with Crippen molar-refractivity contribution in [3.8, 4) is 5.75 Å². The first-order valence-corrected chi connectivity index (χ1v) is 8.88. The molecule has 0 radical (unpaired) electrons. The van der Waals surface area contributed by atoms with Gasteiger partial charge >= 0.3 is 0 Å². The van der Waals surface area contributed by atoms with Crippen LogP contribution in [-0.2, 0) is 4.79 Å². The second-order valence-electron chi connectivity index (χ2n) is 6.83. The zero-order chi connectivity index (χ0) is 16.1. The number of nitrogens with zero attached hydrogens (tertiary/aromatic N) is 1. The molecular weight excluding hydrogens is 324 g/mol. The SMILES string of the molecule is COc1ccc(C2CCN(C(=O)CCC3CCNCC3)C2)cc1.Cl. The number of nitrogens with one attached hydrogen (secondary N) is 1. The lowest BCUT2D eigenvalue weighted by Crippen LogP contribution is -2.31. The second-order valence-corrected chi connectivity index (χ2v) is 6.83. The Morgan fingerprint density at radius 2 is 1.92 bits per heavy atom. The lowest BCUT2D eigenvalue weighted by Gasteiger charge is -2.23. The van der Waals surface area contributed by atoms with E-state index in [1.807, 2.05) is 12.1 Å². The first-order valence-electron chi connectivity index (χ1n) is 8.88. The zero-order valence-corrected chi connectivity index (χ0v) is 15.3. The molecule has 4 nitrogen and oxygen atoms in total. The number of rotatable bonds is 5. The number of methoxy groups -OCH3 is 1. The Morgan fingerprint density at radius 3 is 2.58 bits per heavy atom. The predicted molar refractivity (Wildman–Crippen MR) is 99.0 cm³/mol. The second kappa shape index (κ2) is 9.28. The van der Waals surface area contributed by atoms with Crippen LogP contribution in [0.5, 0.6) is 5.75 Å². The van der Waals surface area contributed by atoms with E-state index in [2.05, 4.69) is 22.3 Å². The van der Waals surface area contributed by atoms with E-state index < -0.39 is 0 Å². The summed E-state index contributed by atoms with van der Waals surface area (Å²) < 4.78 is 5.21. The number of benzene rings is 1. The summed E-state index contributed by atoms with van der Waals surface area (Å²) in [5.74, 6) is 2.45. The Labute approximate surface area is 151 Å². The molecule has 0 bridgehead atoms. The molecule has 134 valence electrons. The maximum atomic E-state index is 12.5. The standard InChI is InChI=1S/C19H28N2O2.ClH/c1-23-18-5-3-16(4-6-18)17-10-13-21(14-17)19(22)7-2-15-8-11-20-12-9-15;/h3-6,15,17,20H,2,7-14H2,1H3;1H. The number of carbonyl (C=O) groups is 1. The number of piperidine rings is 1. The van der Waals surface area contributed by atoms with Crippen LogP contribution < -0.4 is 10.1 Å². The van der Waals surface area contributed by atoms with E-state index in [4.69, 9.17) is 4.74 Å². The largest absolute Gasteiger partial charge is 0.497 e. The minimum atomic E-state index is 0. The molecule has 1 unspecified atom stereocenters. The Balaban J connectivity index is 0.00000208. The highest BCUT2D eigenvalue weighted by Gasteiger charge is 2.27. The van der Waals surface area contributed by atoms with Gasteiger partial charge in [-0.3, -0.25) is 4.79 Å². The number of amides is 1. The van der Waals surface area contributed by atoms with Crippen LogP contribution in [0, 0.1) is 5.92 Å². The van der Waals surface area contributed by atoms with E-state index in [0.717, 1.165) is 57.1 Å². The van der Waals surface area contributed by atoms with Gasteiger partial charge in [-0.05, 0) is 62.4 Å². The Bertz CT molecular complexity index is 515. The minimum absolute atomic E-state index is 0. The molecule has 1 amide bonds.